The average Bonchev–Trinajstić information content (AvgIpc) is 3.50. The Hall–Kier alpha value is -5.42. The number of rotatable bonds is 4. The van der Waals surface area contributed by atoms with E-state index < -0.39 is 0 Å². The van der Waals surface area contributed by atoms with Gasteiger partial charge in [0.15, 0.2) is 11.6 Å². The Balaban J connectivity index is 1.07. The molecule has 0 fully saturated rings. The summed E-state index contributed by atoms with van der Waals surface area (Å²) in [6.45, 7) is 0. The Bertz CT molecular complexity index is 2620. The van der Waals surface area contributed by atoms with Crippen molar-refractivity contribution >= 4 is 64.7 Å². The SMILES string of the molecule is Clc1nc(-c2cccc(-c3ccc4cc(-c5ccc6ccccc6c5)ccc4c3)c2)nc(-c2cccc3c2sc2ccccc23)n1. The molecule has 9 aromatic rings. The van der Waals surface area contributed by atoms with E-state index >= 15 is 0 Å². The van der Waals surface area contributed by atoms with Gasteiger partial charge in [0, 0.05) is 31.3 Å². The van der Waals surface area contributed by atoms with Crippen LogP contribution in [0.3, 0.4) is 0 Å². The molecule has 2 aromatic heterocycles. The number of nitrogens with zero attached hydrogens (tertiary/aromatic N) is 3. The number of halogens is 1. The van der Waals surface area contributed by atoms with E-state index in [1.54, 1.807) is 11.3 Å². The van der Waals surface area contributed by atoms with Gasteiger partial charge in [0.25, 0.3) is 0 Å². The van der Waals surface area contributed by atoms with Crippen molar-refractivity contribution < 1.29 is 0 Å². The topological polar surface area (TPSA) is 38.7 Å². The van der Waals surface area contributed by atoms with E-state index in [2.05, 4.69) is 143 Å². The maximum atomic E-state index is 6.53. The van der Waals surface area contributed by atoms with Gasteiger partial charge in [-0.2, -0.15) is 9.97 Å². The number of fused-ring (bicyclic) bond motifs is 5. The highest BCUT2D eigenvalue weighted by atomic mass is 35.5. The second-order valence-corrected chi connectivity index (χ2v) is 12.8. The molecular formula is C41H24ClN3S. The van der Waals surface area contributed by atoms with Gasteiger partial charge < -0.3 is 0 Å². The molecule has 0 aliphatic rings. The minimum Gasteiger partial charge on any atom is -0.208 e. The number of hydrogen-bond acceptors (Lipinski definition) is 4. The third kappa shape index (κ3) is 4.71. The highest BCUT2D eigenvalue weighted by molar-refractivity contribution is 7.26. The molecule has 0 amide bonds. The molecule has 0 atom stereocenters. The lowest BCUT2D eigenvalue weighted by molar-refractivity contribution is 1.07. The van der Waals surface area contributed by atoms with Gasteiger partial charge in [-0.05, 0) is 91.8 Å². The number of hydrogen-bond donors (Lipinski definition) is 0. The molecule has 0 spiro atoms. The molecule has 2 heterocycles. The molecule has 5 heteroatoms. The van der Waals surface area contributed by atoms with Gasteiger partial charge in [-0.1, -0.05) is 109 Å². The molecule has 216 valence electrons. The van der Waals surface area contributed by atoms with Crippen molar-refractivity contribution in [3.05, 3.63) is 151 Å². The molecule has 0 N–H and O–H groups in total. The van der Waals surface area contributed by atoms with Crippen molar-refractivity contribution in [1.82, 2.24) is 15.0 Å². The fourth-order valence-electron chi connectivity index (χ4n) is 6.33. The number of aromatic nitrogens is 3. The first-order valence-electron chi connectivity index (χ1n) is 15.1. The lowest BCUT2D eigenvalue weighted by Crippen LogP contribution is -1.97. The summed E-state index contributed by atoms with van der Waals surface area (Å²) in [5, 5.41) is 7.50. The summed E-state index contributed by atoms with van der Waals surface area (Å²) in [7, 11) is 0. The predicted molar refractivity (Wildman–Crippen MR) is 194 cm³/mol. The summed E-state index contributed by atoms with van der Waals surface area (Å²) in [6, 6.07) is 51.5. The standard InChI is InChI=1S/C41H24ClN3S/c42-41-44-39(43-40(45-41)36-13-6-12-35-34-11-3-4-14-37(34)46-38(35)36)33-10-5-9-27(24-33)28-17-18-32-23-31(20-19-30(32)22-28)29-16-15-25-7-1-2-8-26(25)21-29/h1-24H. The van der Waals surface area contributed by atoms with Crippen molar-refractivity contribution in [2.45, 2.75) is 0 Å². The summed E-state index contributed by atoms with van der Waals surface area (Å²) in [6.07, 6.45) is 0. The smallest absolute Gasteiger partial charge is 0.208 e. The van der Waals surface area contributed by atoms with Crippen LogP contribution in [0.4, 0.5) is 0 Å². The van der Waals surface area contributed by atoms with E-state index in [9.17, 15) is 0 Å². The zero-order chi connectivity index (χ0) is 30.6. The molecule has 0 aliphatic heterocycles. The number of benzene rings is 7. The number of thiophene rings is 1. The van der Waals surface area contributed by atoms with E-state index in [1.807, 2.05) is 12.1 Å². The maximum Gasteiger partial charge on any atom is 0.226 e. The summed E-state index contributed by atoms with van der Waals surface area (Å²) < 4.78 is 2.38. The van der Waals surface area contributed by atoms with Gasteiger partial charge in [0.1, 0.15) is 0 Å². The normalized spacial score (nSPS) is 11.6. The van der Waals surface area contributed by atoms with Crippen LogP contribution in [0.15, 0.2) is 146 Å². The summed E-state index contributed by atoms with van der Waals surface area (Å²) >= 11 is 8.28. The van der Waals surface area contributed by atoms with Crippen LogP contribution in [0, 0.1) is 0 Å². The Morgan fingerprint density at radius 2 is 0.978 bits per heavy atom. The maximum absolute atomic E-state index is 6.53. The second kappa shape index (κ2) is 10.9. The first-order chi connectivity index (χ1) is 22.7. The fourth-order valence-corrected chi connectivity index (χ4v) is 7.71. The van der Waals surface area contributed by atoms with Crippen LogP contribution < -0.4 is 0 Å². The molecule has 0 saturated heterocycles. The van der Waals surface area contributed by atoms with Gasteiger partial charge in [-0.25, -0.2) is 4.98 Å². The summed E-state index contributed by atoms with van der Waals surface area (Å²) in [5.74, 6) is 1.13. The van der Waals surface area contributed by atoms with E-state index in [4.69, 9.17) is 16.6 Å². The van der Waals surface area contributed by atoms with Crippen LogP contribution in [0.2, 0.25) is 5.28 Å². The Labute approximate surface area is 274 Å². The zero-order valence-electron chi connectivity index (χ0n) is 24.5. The Morgan fingerprint density at radius 3 is 1.76 bits per heavy atom. The van der Waals surface area contributed by atoms with Crippen molar-refractivity contribution in [3.8, 4) is 45.0 Å². The van der Waals surface area contributed by atoms with E-state index in [0.717, 1.165) is 27.0 Å². The molecule has 0 unspecified atom stereocenters. The van der Waals surface area contributed by atoms with E-state index in [-0.39, 0.29) is 5.28 Å². The van der Waals surface area contributed by atoms with Crippen molar-refractivity contribution in [2.75, 3.05) is 0 Å². The van der Waals surface area contributed by atoms with E-state index in [1.165, 1.54) is 48.1 Å². The molecule has 7 aromatic carbocycles. The molecule has 9 rings (SSSR count). The van der Waals surface area contributed by atoms with E-state index in [0.29, 0.717) is 11.6 Å². The lowest BCUT2D eigenvalue weighted by Gasteiger charge is -2.10. The van der Waals surface area contributed by atoms with Crippen LogP contribution >= 0.6 is 22.9 Å². The molecular weight excluding hydrogens is 602 g/mol. The summed E-state index contributed by atoms with van der Waals surface area (Å²) in [4.78, 5) is 14.0. The van der Waals surface area contributed by atoms with Crippen molar-refractivity contribution in [1.29, 1.82) is 0 Å². The predicted octanol–water partition coefficient (Wildman–Crippen LogP) is 11.9. The Kier molecular flexibility index (Phi) is 6.37. The van der Waals surface area contributed by atoms with Crippen molar-refractivity contribution in [3.63, 3.8) is 0 Å². The summed E-state index contributed by atoms with van der Waals surface area (Å²) in [5.41, 5.74) is 6.49. The third-order valence-electron chi connectivity index (χ3n) is 8.63. The zero-order valence-corrected chi connectivity index (χ0v) is 26.1. The van der Waals surface area contributed by atoms with Crippen LogP contribution in [-0.4, -0.2) is 15.0 Å². The molecule has 0 saturated carbocycles. The lowest BCUT2D eigenvalue weighted by atomic mass is 9.96. The van der Waals surface area contributed by atoms with Crippen LogP contribution in [0.5, 0.6) is 0 Å². The minimum absolute atomic E-state index is 0.177. The first-order valence-corrected chi connectivity index (χ1v) is 16.3. The first kappa shape index (κ1) is 26.9. The van der Waals surface area contributed by atoms with Gasteiger partial charge in [-0.3, -0.25) is 0 Å². The third-order valence-corrected chi connectivity index (χ3v) is 10.0. The average molecular weight is 626 g/mol. The second-order valence-electron chi connectivity index (χ2n) is 11.5. The van der Waals surface area contributed by atoms with Gasteiger partial charge in [0.2, 0.25) is 5.28 Å². The molecule has 3 nitrogen and oxygen atoms in total. The fraction of sp³-hybridized carbons (Fsp3) is 0. The molecule has 46 heavy (non-hydrogen) atoms. The van der Waals surface area contributed by atoms with Gasteiger partial charge in [-0.15, -0.1) is 11.3 Å². The molecule has 0 radical (unpaired) electrons. The largest absolute Gasteiger partial charge is 0.226 e. The van der Waals surface area contributed by atoms with Crippen LogP contribution in [-0.2, 0) is 0 Å². The minimum atomic E-state index is 0.177. The highest BCUT2D eigenvalue weighted by Gasteiger charge is 2.15. The molecule has 0 bridgehead atoms. The Morgan fingerprint density at radius 1 is 0.413 bits per heavy atom. The van der Waals surface area contributed by atoms with Gasteiger partial charge >= 0.3 is 0 Å². The highest BCUT2D eigenvalue weighted by Crippen LogP contribution is 2.39. The monoisotopic (exact) mass is 625 g/mol. The van der Waals surface area contributed by atoms with Gasteiger partial charge in [0.05, 0.1) is 0 Å². The van der Waals surface area contributed by atoms with Crippen molar-refractivity contribution in [2.24, 2.45) is 0 Å². The van der Waals surface area contributed by atoms with Crippen LogP contribution in [0.25, 0.3) is 86.7 Å². The molecule has 0 aliphatic carbocycles. The quantitative estimate of drug-likeness (QED) is 0.195. The van der Waals surface area contributed by atoms with Crippen LogP contribution in [0.1, 0.15) is 0 Å².